The molecule has 3 aliphatic carbocycles. The molecular formula is C32H44O14. The van der Waals surface area contributed by atoms with Gasteiger partial charge in [-0.05, 0) is 31.9 Å². The Labute approximate surface area is 267 Å². The Kier molecular flexibility index (Phi) is 9.16. The first-order valence-electron chi connectivity index (χ1n) is 15.2. The van der Waals surface area contributed by atoms with Gasteiger partial charge in [0, 0.05) is 60.3 Å². The molecule has 0 aromatic rings. The molecule has 14 heteroatoms. The monoisotopic (exact) mass is 652 g/mol. The predicted molar refractivity (Wildman–Crippen MR) is 154 cm³/mol. The Morgan fingerprint density at radius 2 is 1.20 bits per heavy atom. The number of hydrogen-bond donors (Lipinski definition) is 1. The van der Waals surface area contributed by atoms with Crippen LogP contribution in [0.1, 0.15) is 82.1 Å². The number of rotatable bonds is 7. The van der Waals surface area contributed by atoms with Crippen molar-refractivity contribution >= 4 is 35.8 Å². The maximum atomic E-state index is 13.1. The molecule has 1 N–H and O–H groups in total. The van der Waals surface area contributed by atoms with Gasteiger partial charge >= 0.3 is 35.8 Å². The average Bonchev–Trinajstić information content (AvgIpc) is 3.61. The highest BCUT2D eigenvalue weighted by Gasteiger charge is 2.81. The molecule has 14 nitrogen and oxygen atoms in total. The van der Waals surface area contributed by atoms with Crippen molar-refractivity contribution in [2.24, 2.45) is 16.7 Å². The number of fused-ring (bicyclic) bond motifs is 3. The fraction of sp³-hybridized carbons (Fsp3) is 0.750. The highest BCUT2D eigenvalue weighted by atomic mass is 16.6. The zero-order chi connectivity index (χ0) is 34.7. The first kappa shape index (κ1) is 35.3. The lowest BCUT2D eigenvalue weighted by Crippen LogP contribution is -2.69. The third-order valence-electron chi connectivity index (χ3n) is 10.1. The van der Waals surface area contributed by atoms with Crippen LogP contribution in [0.25, 0.3) is 0 Å². The van der Waals surface area contributed by atoms with Gasteiger partial charge in [-0.15, -0.1) is 0 Å². The van der Waals surface area contributed by atoms with E-state index in [1.807, 2.05) is 0 Å². The summed E-state index contributed by atoms with van der Waals surface area (Å²) in [7, 11) is 0. The molecule has 0 aromatic heterocycles. The fourth-order valence-corrected chi connectivity index (χ4v) is 8.55. The zero-order valence-electron chi connectivity index (χ0n) is 27.9. The summed E-state index contributed by atoms with van der Waals surface area (Å²) in [6.07, 6.45) is -7.73. The molecule has 0 radical (unpaired) electrons. The van der Waals surface area contributed by atoms with Crippen LogP contribution in [0.2, 0.25) is 0 Å². The first-order chi connectivity index (χ1) is 21.1. The van der Waals surface area contributed by atoms with Crippen LogP contribution >= 0.6 is 0 Å². The second-order valence-corrected chi connectivity index (χ2v) is 13.5. The highest BCUT2D eigenvalue weighted by molar-refractivity contribution is 5.71. The second kappa shape index (κ2) is 11.9. The Morgan fingerprint density at radius 3 is 1.63 bits per heavy atom. The Morgan fingerprint density at radius 1 is 0.739 bits per heavy atom. The lowest BCUT2D eigenvalue weighted by molar-refractivity contribution is -0.248. The number of esters is 6. The summed E-state index contributed by atoms with van der Waals surface area (Å²) in [5.41, 5.74) is -5.87. The van der Waals surface area contributed by atoms with E-state index in [4.69, 9.17) is 33.2 Å². The number of hydrogen-bond acceptors (Lipinski definition) is 14. The van der Waals surface area contributed by atoms with E-state index in [0.717, 1.165) is 13.8 Å². The molecule has 3 fully saturated rings. The van der Waals surface area contributed by atoms with E-state index in [1.54, 1.807) is 13.8 Å². The van der Waals surface area contributed by atoms with E-state index in [9.17, 15) is 33.9 Å². The van der Waals surface area contributed by atoms with Gasteiger partial charge in [-0.1, -0.05) is 6.92 Å². The van der Waals surface area contributed by atoms with Crippen LogP contribution in [0.15, 0.2) is 11.1 Å². The number of epoxide rings is 1. The molecule has 1 spiro atoms. The molecule has 0 aromatic carbocycles. The third kappa shape index (κ3) is 5.67. The number of carbonyl (C=O) groups is 6. The van der Waals surface area contributed by atoms with Crippen molar-refractivity contribution in [3.05, 3.63) is 11.1 Å². The minimum Gasteiger partial charge on any atom is -0.462 e. The minimum atomic E-state index is -1.82. The molecular weight excluding hydrogens is 608 g/mol. The molecule has 0 bridgehead atoms. The normalized spacial score (nSPS) is 38.0. The molecule has 1 unspecified atom stereocenters. The van der Waals surface area contributed by atoms with Crippen molar-refractivity contribution < 1.29 is 67.0 Å². The Balaban J connectivity index is 2.22. The van der Waals surface area contributed by atoms with Gasteiger partial charge in [0.25, 0.3) is 0 Å². The first-order valence-corrected chi connectivity index (χ1v) is 15.2. The van der Waals surface area contributed by atoms with E-state index in [2.05, 4.69) is 0 Å². The van der Waals surface area contributed by atoms with Crippen LogP contribution in [0.4, 0.5) is 0 Å². The van der Waals surface area contributed by atoms with E-state index in [0.29, 0.717) is 5.57 Å². The van der Waals surface area contributed by atoms with Crippen LogP contribution < -0.4 is 0 Å². The summed E-state index contributed by atoms with van der Waals surface area (Å²) in [6.45, 7) is 13.4. The largest absolute Gasteiger partial charge is 0.462 e. The minimum absolute atomic E-state index is 0.00583. The van der Waals surface area contributed by atoms with Crippen LogP contribution in [0.5, 0.6) is 0 Å². The Bertz CT molecular complexity index is 1350. The van der Waals surface area contributed by atoms with Gasteiger partial charge in [0.2, 0.25) is 0 Å². The quantitative estimate of drug-likeness (QED) is 0.181. The SMILES string of the molecule is CC(=O)OC1[C@H](OC(C)=O)C2=C(C)[C@@H](OC(C)=O)C[C@@]2(C(C)(C)O)[C@@H](OC(C)=O)[C@@H]2[C@@]3(CO3)[C@@H](OC(C)=O)C[C@H](OC(C)=O)[C@@]12C. The van der Waals surface area contributed by atoms with E-state index in [-0.39, 0.29) is 25.0 Å². The fourth-order valence-electron chi connectivity index (χ4n) is 8.55. The van der Waals surface area contributed by atoms with Crippen molar-refractivity contribution in [2.75, 3.05) is 6.61 Å². The van der Waals surface area contributed by atoms with Crippen molar-refractivity contribution in [1.82, 2.24) is 0 Å². The summed E-state index contributed by atoms with van der Waals surface area (Å²) in [5, 5.41) is 12.3. The number of carbonyl (C=O) groups excluding carboxylic acids is 6. The van der Waals surface area contributed by atoms with Crippen LogP contribution in [-0.4, -0.2) is 95.4 Å². The standard InChI is InChI=1S/C32H44O14/c1-14-21(41-15(2)33)12-31(29(8,9)39)24(14)25(44-18(5)36)27(45-19(6)37)30(10)22(42-16(3)34)11-23(43-17(4)35)32(13-40-32)26(30)28(31)46-20(7)38/h21-23,25-28,39H,11-13H2,1-10H3/t21-,22-,23-,25+,26-,27?,28-,30+,31-,32+/m0/s1. The third-order valence-corrected chi connectivity index (χ3v) is 10.1. The second-order valence-electron chi connectivity index (χ2n) is 13.5. The molecule has 4 rings (SSSR count). The van der Waals surface area contributed by atoms with Crippen LogP contribution in [-0.2, 0) is 61.9 Å². The summed E-state index contributed by atoms with van der Waals surface area (Å²) < 4.78 is 41.8. The van der Waals surface area contributed by atoms with E-state index >= 15 is 0 Å². The van der Waals surface area contributed by atoms with Crippen LogP contribution in [0.3, 0.4) is 0 Å². The topological polar surface area (TPSA) is 191 Å². The van der Waals surface area contributed by atoms with Gasteiger partial charge in [0.1, 0.15) is 30.0 Å². The predicted octanol–water partition coefficient (Wildman–Crippen LogP) is 1.86. The molecule has 46 heavy (non-hydrogen) atoms. The van der Waals surface area contributed by atoms with E-state index < -0.39 is 100 Å². The molecule has 1 heterocycles. The maximum Gasteiger partial charge on any atom is 0.303 e. The maximum absolute atomic E-state index is 13.1. The molecule has 0 amide bonds. The molecule has 10 atom stereocenters. The van der Waals surface area contributed by atoms with Gasteiger partial charge < -0.3 is 38.3 Å². The molecule has 4 aliphatic rings. The van der Waals surface area contributed by atoms with Gasteiger partial charge in [-0.25, -0.2) is 0 Å². The van der Waals surface area contributed by atoms with E-state index in [1.165, 1.54) is 41.5 Å². The smallest absolute Gasteiger partial charge is 0.303 e. The number of ether oxygens (including phenoxy) is 7. The van der Waals surface area contributed by atoms with Crippen LogP contribution in [0, 0.1) is 16.7 Å². The van der Waals surface area contributed by atoms with Crippen molar-refractivity contribution in [3.63, 3.8) is 0 Å². The van der Waals surface area contributed by atoms with Gasteiger partial charge in [-0.3, -0.25) is 28.8 Å². The molecule has 1 saturated heterocycles. The molecule has 2 saturated carbocycles. The average molecular weight is 653 g/mol. The lowest BCUT2D eigenvalue weighted by atomic mass is 9.52. The summed E-state index contributed by atoms with van der Waals surface area (Å²) in [4.78, 5) is 76.2. The summed E-state index contributed by atoms with van der Waals surface area (Å²) >= 11 is 0. The molecule has 256 valence electrons. The Hall–Kier alpha value is -3.52. The van der Waals surface area contributed by atoms with Gasteiger partial charge in [-0.2, -0.15) is 0 Å². The summed E-state index contributed by atoms with van der Waals surface area (Å²) in [5.74, 6) is -5.43. The zero-order valence-corrected chi connectivity index (χ0v) is 27.9. The van der Waals surface area contributed by atoms with Gasteiger partial charge in [0.15, 0.2) is 12.2 Å². The van der Waals surface area contributed by atoms with Crippen molar-refractivity contribution in [3.8, 4) is 0 Å². The number of aliphatic hydroxyl groups is 1. The molecule has 1 aliphatic heterocycles. The highest BCUT2D eigenvalue weighted by Crippen LogP contribution is 2.69. The van der Waals surface area contributed by atoms with Gasteiger partial charge in [0.05, 0.1) is 23.0 Å². The lowest BCUT2D eigenvalue weighted by Gasteiger charge is -2.57. The van der Waals surface area contributed by atoms with Crippen molar-refractivity contribution in [1.29, 1.82) is 0 Å². The summed E-state index contributed by atoms with van der Waals surface area (Å²) in [6, 6.07) is 0. The van der Waals surface area contributed by atoms with Crippen molar-refractivity contribution in [2.45, 2.75) is 130 Å².